The second-order valence-electron chi connectivity index (χ2n) is 7.14. The zero-order valence-electron chi connectivity index (χ0n) is 14.9. The molecule has 5 nitrogen and oxygen atoms in total. The number of hydrogen-bond donors (Lipinski definition) is 0. The van der Waals surface area contributed by atoms with Crippen molar-refractivity contribution in [2.75, 3.05) is 13.1 Å². The summed E-state index contributed by atoms with van der Waals surface area (Å²) >= 11 is 1.44. The molecule has 1 aromatic heterocycles. The van der Waals surface area contributed by atoms with Gasteiger partial charge in [-0.2, -0.15) is 13.2 Å². The lowest BCUT2D eigenvalue weighted by molar-refractivity contribution is -0.137. The molecular formula is C19H19F3N2O3S. The maximum absolute atomic E-state index is 12.6. The number of hydrogen-bond acceptors (Lipinski definition) is 5. The third-order valence-corrected chi connectivity index (χ3v) is 6.01. The summed E-state index contributed by atoms with van der Waals surface area (Å²) in [6, 6.07) is 4.79. The monoisotopic (exact) mass is 412 g/mol. The van der Waals surface area contributed by atoms with Crippen LogP contribution in [-0.2, 0) is 17.5 Å². The smallest absolute Gasteiger partial charge is 0.416 e. The van der Waals surface area contributed by atoms with Crippen LogP contribution in [0.5, 0.6) is 5.75 Å². The number of fused-ring (bicyclic) bond motifs is 1. The maximum atomic E-state index is 12.6. The van der Waals surface area contributed by atoms with Crippen molar-refractivity contribution in [2.45, 2.75) is 31.7 Å². The number of aromatic nitrogens is 1. The van der Waals surface area contributed by atoms with Crippen LogP contribution in [0.4, 0.5) is 18.0 Å². The summed E-state index contributed by atoms with van der Waals surface area (Å²) in [5, 5.41) is 2.60. The first-order valence-electron chi connectivity index (χ1n) is 9.02. The van der Waals surface area contributed by atoms with Gasteiger partial charge in [0.25, 0.3) is 0 Å². The molecule has 1 aromatic carbocycles. The van der Waals surface area contributed by atoms with Crippen molar-refractivity contribution in [3.05, 3.63) is 46.4 Å². The van der Waals surface area contributed by atoms with Gasteiger partial charge in [0.05, 0.1) is 11.7 Å². The molecule has 0 N–H and O–H groups in total. The van der Waals surface area contributed by atoms with Crippen molar-refractivity contribution in [2.24, 2.45) is 11.8 Å². The van der Waals surface area contributed by atoms with Gasteiger partial charge in [0.1, 0.15) is 17.4 Å². The molecule has 1 saturated heterocycles. The number of carbonyl (C=O) groups excluding carboxylic acids is 1. The van der Waals surface area contributed by atoms with E-state index in [0.717, 1.165) is 30.0 Å². The number of ether oxygens (including phenoxy) is 2. The third-order valence-electron chi connectivity index (χ3n) is 5.25. The second-order valence-corrected chi connectivity index (χ2v) is 8.12. The van der Waals surface area contributed by atoms with E-state index in [1.165, 1.54) is 23.5 Å². The van der Waals surface area contributed by atoms with Crippen LogP contribution >= 0.6 is 11.3 Å². The van der Waals surface area contributed by atoms with Crippen molar-refractivity contribution >= 4 is 17.4 Å². The van der Waals surface area contributed by atoms with Crippen LogP contribution in [0.15, 0.2) is 35.8 Å². The summed E-state index contributed by atoms with van der Waals surface area (Å²) in [5.41, 5.74) is -0.685. The fourth-order valence-corrected chi connectivity index (χ4v) is 4.47. The number of carbonyl (C=O) groups is 1. The Morgan fingerprint density at radius 2 is 1.86 bits per heavy atom. The lowest BCUT2D eigenvalue weighted by atomic mass is 10.0. The van der Waals surface area contributed by atoms with Crippen molar-refractivity contribution in [3.63, 3.8) is 0 Å². The number of nitrogens with zero attached hydrogens (tertiary/aromatic N) is 2. The van der Waals surface area contributed by atoms with Gasteiger partial charge < -0.3 is 14.4 Å². The van der Waals surface area contributed by atoms with Gasteiger partial charge in [0.2, 0.25) is 0 Å². The molecule has 150 valence electrons. The lowest BCUT2D eigenvalue weighted by Crippen LogP contribution is -2.31. The Kier molecular flexibility index (Phi) is 5.18. The zero-order valence-corrected chi connectivity index (χ0v) is 15.7. The molecule has 1 aliphatic carbocycles. The molecule has 1 amide bonds. The van der Waals surface area contributed by atoms with Gasteiger partial charge in [-0.3, -0.25) is 0 Å². The summed E-state index contributed by atoms with van der Waals surface area (Å²) < 4.78 is 49.1. The minimum Gasteiger partial charge on any atom is -0.490 e. The van der Waals surface area contributed by atoms with Gasteiger partial charge in [-0.25, -0.2) is 9.78 Å². The van der Waals surface area contributed by atoms with E-state index in [9.17, 15) is 18.0 Å². The molecule has 1 saturated carbocycles. The Labute approximate surface area is 164 Å². The molecule has 0 radical (unpaired) electrons. The number of benzene rings is 1. The first-order valence-corrected chi connectivity index (χ1v) is 9.90. The second kappa shape index (κ2) is 7.62. The molecule has 1 unspecified atom stereocenters. The van der Waals surface area contributed by atoms with Gasteiger partial charge in [0, 0.05) is 24.7 Å². The maximum Gasteiger partial charge on any atom is 0.416 e. The van der Waals surface area contributed by atoms with Gasteiger partial charge in [-0.15, -0.1) is 11.3 Å². The van der Waals surface area contributed by atoms with E-state index in [1.54, 1.807) is 11.1 Å². The van der Waals surface area contributed by atoms with Crippen LogP contribution in [0.1, 0.15) is 23.4 Å². The first kappa shape index (κ1) is 19.0. The predicted molar refractivity (Wildman–Crippen MR) is 95.9 cm³/mol. The highest BCUT2D eigenvalue weighted by molar-refractivity contribution is 7.09. The summed E-state index contributed by atoms with van der Waals surface area (Å²) in [5.74, 6) is 1.09. The van der Waals surface area contributed by atoms with Gasteiger partial charge in [0.15, 0.2) is 0 Å². The molecule has 0 spiro atoms. The Balaban J connectivity index is 1.25. The van der Waals surface area contributed by atoms with Crippen molar-refractivity contribution < 1.29 is 27.4 Å². The average Bonchev–Trinajstić information content (AvgIpc) is 3.35. The molecule has 2 fully saturated rings. The SMILES string of the molecule is O=C(OCc1nccs1)N1C[C@H]2CC(Oc3ccc(C(F)(F)F)cc3)C[C@H]2C1. The molecule has 1 aliphatic heterocycles. The molecule has 0 bridgehead atoms. The Morgan fingerprint density at radius 3 is 2.43 bits per heavy atom. The molecule has 2 aromatic rings. The topological polar surface area (TPSA) is 51.7 Å². The van der Waals surface area contributed by atoms with Gasteiger partial charge in [-0.1, -0.05) is 0 Å². The van der Waals surface area contributed by atoms with E-state index in [0.29, 0.717) is 30.7 Å². The Bertz CT molecular complexity index is 797. The van der Waals surface area contributed by atoms with Gasteiger partial charge >= 0.3 is 12.3 Å². The number of rotatable bonds is 4. The molecule has 9 heteroatoms. The third kappa shape index (κ3) is 4.24. The number of alkyl halides is 3. The number of amides is 1. The van der Waals surface area contributed by atoms with Gasteiger partial charge in [-0.05, 0) is 48.9 Å². The lowest BCUT2D eigenvalue weighted by Gasteiger charge is -2.20. The molecule has 28 heavy (non-hydrogen) atoms. The molecule has 2 heterocycles. The molecular weight excluding hydrogens is 393 g/mol. The number of halogens is 3. The van der Waals surface area contributed by atoms with E-state index in [1.807, 2.05) is 5.38 Å². The largest absolute Gasteiger partial charge is 0.490 e. The highest BCUT2D eigenvalue weighted by atomic mass is 32.1. The highest BCUT2D eigenvalue weighted by Crippen LogP contribution is 2.40. The van der Waals surface area contributed by atoms with Crippen LogP contribution in [0.25, 0.3) is 0 Å². The van der Waals surface area contributed by atoms with Crippen LogP contribution in [0.3, 0.4) is 0 Å². The normalized spacial score (nSPS) is 24.2. The summed E-state index contributed by atoms with van der Waals surface area (Å²) in [4.78, 5) is 18.0. The predicted octanol–water partition coefficient (Wildman–Crippen LogP) is 4.59. The van der Waals surface area contributed by atoms with Crippen LogP contribution in [-0.4, -0.2) is 35.2 Å². The fourth-order valence-electron chi connectivity index (χ4n) is 3.94. The Hall–Kier alpha value is -2.29. The highest BCUT2D eigenvalue weighted by Gasteiger charge is 2.43. The Morgan fingerprint density at radius 1 is 1.18 bits per heavy atom. The van der Waals surface area contributed by atoms with Crippen molar-refractivity contribution in [3.8, 4) is 5.75 Å². The van der Waals surface area contributed by atoms with Crippen molar-refractivity contribution in [1.82, 2.24) is 9.88 Å². The van der Waals surface area contributed by atoms with E-state index < -0.39 is 11.7 Å². The fraction of sp³-hybridized carbons (Fsp3) is 0.474. The minimum absolute atomic E-state index is 0.0415. The van der Waals surface area contributed by atoms with Crippen LogP contribution < -0.4 is 4.74 Å². The van der Waals surface area contributed by atoms with Crippen LogP contribution in [0.2, 0.25) is 0 Å². The average molecular weight is 412 g/mol. The standard InChI is InChI=1S/C19H19F3N2O3S/c20-19(21,22)14-1-3-15(4-2-14)27-16-7-12-9-24(10-13(12)8-16)18(25)26-11-17-23-5-6-28-17/h1-6,12-13,16H,7-11H2/t12-,13+,16?. The first-order chi connectivity index (χ1) is 13.4. The number of thiazole rings is 1. The molecule has 2 aliphatic rings. The number of likely N-dealkylation sites (tertiary alicyclic amines) is 1. The molecule has 4 rings (SSSR count). The van der Waals surface area contributed by atoms with E-state index in [2.05, 4.69) is 4.98 Å². The summed E-state index contributed by atoms with van der Waals surface area (Å²) in [6.45, 7) is 1.42. The summed E-state index contributed by atoms with van der Waals surface area (Å²) in [7, 11) is 0. The van der Waals surface area contributed by atoms with E-state index >= 15 is 0 Å². The van der Waals surface area contributed by atoms with E-state index in [4.69, 9.17) is 9.47 Å². The summed E-state index contributed by atoms with van der Waals surface area (Å²) in [6.07, 6.45) is -1.49. The quantitative estimate of drug-likeness (QED) is 0.737. The van der Waals surface area contributed by atoms with Crippen LogP contribution in [0, 0.1) is 11.8 Å². The van der Waals surface area contributed by atoms with Crippen molar-refractivity contribution in [1.29, 1.82) is 0 Å². The minimum atomic E-state index is -4.35. The molecule has 3 atom stereocenters. The van der Waals surface area contributed by atoms with E-state index in [-0.39, 0.29) is 18.8 Å². The zero-order chi connectivity index (χ0) is 19.7.